The fourth-order valence-corrected chi connectivity index (χ4v) is 1.86. The summed E-state index contributed by atoms with van der Waals surface area (Å²) >= 11 is 11.7. The highest BCUT2D eigenvalue weighted by Gasteiger charge is 2.06. The van der Waals surface area contributed by atoms with Gasteiger partial charge in [0.15, 0.2) is 0 Å². The van der Waals surface area contributed by atoms with Crippen molar-refractivity contribution in [3.63, 3.8) is 0 Å². The maximum absolute atomic E-state index is 10.4. The lowest BCUT2D eigenvalue weighted by molar-refractivity contribution is -0.137. The van der Waals surface area contributed by atoms with Gasteiger partial charge in [0.05, 0.1) is 0 Å². The van der Waals surface area contributed by atoms with Crippen LogP contribution in [0.25, 0.3) is 0 Å². The lowest BCUT2D eigenvalue weighted by Crippen LogP contribution is -2.16. The fourth-order valence-electron chi connectivity index (χ4n) is 1.33. The van der Waals surface area contributed by atoms with Gasteiger partial charge in [0, 0.05) is 28.2 Å². The number of aliphatic carboxylic acids is 1. The van der Waals surface area contributed by atoms with Crippen LogP contribution in [0.3, 0.4) is 0 Å². The minimum Gasteiger partial charge on any atom is -0.481 e. The first-order chi connectivity index (χ1) is 7.47. The summed E-state index contributed by atoms with van der Waals surface area (Å²) in [5, 5.41) is 12.8. The molecule has 0 radical (unpaired) electrons. The molecule has 88 valence electrons. The third-order valence-electron chi connectivity index (χ3n) is 2.07. The van der Waals surface area contributed by atoms with E-state index in [2.05, 4.69) is 5.32 Å². The molecule has 1 aromatic carbocycles. The summed E-state index contributed by atoms with van der Waals surface area (Å²) in [6, 6.07) is 5.22. The molecule has 0 amide bonds. The van der Waals surface area contributed by atoms with E-state index in [9.17, 15) is 4.79 Å². The van der Waals surface area contributed by atoms with E-state index in [1.54, 1.807) is 18.2 Å². The Morgan fingerprint density at radius 3 is 2.44 bits per heavy atom. The summed E-state index contributed by atoms with van der Waals surface area (Å²) < 4.78 is 0. The molecule has 0 aliphatic heterocycles. The SMILES string of the molecule is CC(CCC(=O)O)Nc1cc(Cl)cc(Cl)c1. The number of hydrogen-bond donors (Lipinski definition) is 2. The van der Waals surface area contributed by atoms with Gasteiger partial charge in [0.2, 0.25) is 0 Å². The standard InChI is InChI=1S/C11H13Cl2NO2/c1-7(2-3-11(15)16)14-10-5-8(12)4-9(13)6-10/h4-7,14H,2-3H2,1H3,(H,15,16). The van der Waals surface area contributed by atoms with E-state index in [1.807, 2.05) is 6.92 Å². The predicted octanol–water partition coefficient (Wildman–Crippen LogP) is 3.66. The Morgan fingerprint density at radius 2 is 1.94 bits per heavy atom. The average molecular weight is 262 g/mol. The van der Waals surface area contributed by atoms with Crippen molar-refractivity contribution in [2.24, 2.45) is 0 Å². The zero-order valence-electron chi connectivity index (χ0n) is 8.84. The van der Waals surface area contributed by atoms with Gasteiger partial charge in [-0.2, -0.15) is 0 Å². The molecule has 16 heavy (non-hydrogen) atoms. The minimum atomic E-state index is -0.794. The van der Waals surface area contributed by atoms with Crippen LogP contribution in [0.2, 0.25) is 10.0 Å². The molecule has 0 bridgehead atoms. The monoisotopic (exact) mass is 261 g/mol. The van der Waals surface area contributed by atoms with Gasteiger partial charge in [0.1, 0.15) is 0 Å². The Morgan fingerprint density at radius 1 is 1.38 bits per heavy atom. The summed E-state index contributed by atoms with van der Waals surface area (Å²) in [6.45, 7) is 1.91. The number of rotatable bonds is 5. The molecule has 1 aromatic rings. The van der Waals surface area contributed by atoms with E-state index >= 15 is 0 Å². The number of carboxylic acids is 1. The van der Waals surface area contributed by atoms with E-state index in [-0.39, 0.29) is 12.5 Å². The predicted molar refractivity (Wildman–Crippen MR) is 66.4 cm³/mol. The number of carbonyl (C=O) groups is 1. The van der Waals surface area contributed by atoms with Crippen LogP contribution >= 0.6 is 23.2 Å². The molecular weight excluding hydrogens is 249 g/mol. The van der Waals surface area contributed by atoms with E-state index in [0.717, 1.165) is 5.69 Å². The molecule has 0 heterocycles. The van der Waals surface area contributed by atoms with Gasteiger partial charge in [-0.15, -0.1) is 0 Å². The van der Waals surface area contributed by atoms with Gasteiger partial charge in [-0.05, 0) is 31.5 Å². The summed E-state index contributed by atoms with van der Waals surface area (Å²) in [5.41, 5.74) is 0.801. The second-order valence-corrected chi connectivity index (χ2v) is 4.51. The average Bonchev–Trinajstić information content (AvgIpc) is 2.12. The smallest absolute Gasteiger partial charge is 0.303 e. The minimum absolute atomic E-state index is 0.0608. The number of anilines is 1. The number of nitrogens with one attached hydrogen (secondary N) is 1. The molecule has 0 aliphatic rings. The highest BCUT2D eigenvalue weighted by molar-refractivity contribution is 6.35. The maximum atomic E-state index is 10.4. The summed E-state index contributed by atoms with van der Waals surface area (Å²) in [4.78, 5) is 10.4. The molecule has 1 unspecified atom stereocenters. The molecule has 1 atom stereocenters. The van der Waals surface area contributed by atoms with Crippen molar-refractivity contribution in [1.82, 2.24) is 0 Å². The van der Waals surface area contributed by atoms with Crippen molar-refractivity contribution in [2.45, 2.75) is 25.8 Å². The van der Waals surface area contributed by atoms with Crippen LogP contribution in [-0.4, -0.2) is 17.1 Å². The molecular formula is C11H13Cl2NO2. The first-order valence-corrected chi connectivity index (χ1v) is 5.67. The molecule has 0 fully saturated rings. The number of hydrogen-bond acceptors (Lipinski definition) is 2. The van der Waals surface area contributed by atoms with E-state index in [0.29, 0.717) is 16.5 Å². The molecule has 0 spiro atoms. The lowest BCUT2D eigenvalue weighted by Gasteiger charge is -2.14. The second-order valence-electron chi connectivity index (χ2n) is 3.64. The maximum Gasteiger partial charge on any atom is 0.303 e. The van der Waals surface area contributed by atoms with Gasteiger partial charge < -0.3 is 10.4 Å². The molecule has 0 aromatic heterocycles. The Hall–Kier alpha value is -0.930. The van der Waals surface area contributed by atoms with Gasteiger partial charge in [0.25, 0.3) is 0 Å². The number of halogens is 2. The Labute approximate surface area is 104 Å². The number of carboxylic acid groups (broad SMARTS) is 1. The highest BCUT2D eigenvalue weighted by atomic mass is 35.5. The Balaban J connectivity index is 2.55. The van der Waals surface area contributed by atoms with Crippen molar-refractivity contribution in [1.29, 1.82) is 0 Å². The molecule has 0 saturated heterocycles. The van der Waals surface area contributed by atoms with Crippen LogP contribution in [0.1, 0.15) is 19.8 Å². The molecule has 0 aliphatic carbocycles. The third-order valence-corrected chi connectivity index (χ3v) is 2.50. The topological polar surface area (TPSA) is 49.3 Å². The molecule has 1 rings (SSSR count). The summed E-state index contributed by atoms with van der Waals surface area (Å²) in [7, 11) is 0. The van der Waals surface area contributed by atoms with Crippen molar-refractivity contribution in [2.75, 3.05) is 5.32 Å². The van der Waals surface area contributed by atoms with Crippen molar-refractivity contribution >= 4 is 34.9 Å². The van der Waals surface area contributed by atoms with Crippen LogP contribution in [0.5, 0.6) is 0 Å². The van der Waals surface area contributed by atoms with Crippen molar-refractivity contribution in [3.05, 3.63) is 28.2 Å². The molecule has 0 saturated carbocycles. The van der Waals surface area contributed by atoms with Crippen LogP contribution in [0.15, 0.2) is 18.2 Å². The first kappa shape index (κ1) is 13.1. The van der Waals surface area contributed by atoms with Gasteiger partial charge in [-0.1, -0.05) is 23.2 Å². The van der Waals surface area contributed by atoms with Gasteiger partial charge in [-0.3, -0.25) is 4.79 Å². The zero-order valence-corrected chi connectivity index (χ0v) is 10.3. The first-order valence-electron chi connectivity index (χ1n) is 4.92. The largest absolute Gasteiger partial charge is 0.481 e. The van der Waals surface area contributed by atoms with E-state index in [1.165, 1.54) is 0 Å². The highest BCUT2D eigenvalue weighted by Crippen LogP contribution is 2.23. The third kappa shape index (κ3) is 4.73. The second kappa shape index (κ2) is 5.97. The Kier molecular flexibility index (Phi) is 4.90. The van der Waals surface area contributed by atoms with E-state index < -0.39 is 5.97 Å². The normalized spacial score (nSPS) is 12.2. The van der Waals surface area contributed by atoms with Crippen molar-refractivity contribution < 1.29 is 9.90 Å². The summed E-state index contributed by atoms with van der Waals surface area (Å²) in [5.74, 6) is -0.794. The van der Waals surface area contributed by atoms with Gasteiger partial charge >= 0.3 is 5.97 Å². The van der Waals surface area contributed by atoms with Crippen molar-refractivity contribution in [3.8, 4) is 0 Å². The molecule has 5 heteroatoms. The lowest BCUT2D eigenvalue weighted by atomic mass is 10.1. The van der Waals surface area contributed by atoms with E-state index in [4.69, 9.17) is 28.3 Å². The summed E-state index contributed by atoms with van der Waals surface area (Å²) in [6.07, 6.45) is 0.696. The molecule has 3 nitrogen and oxygen atoms in total. The van der Waals surface area contributed by atoms with Crippen LogP contribution < -0.4 is 5.32 Å². The Bertz CT molecular complexity index is 362. The van der Waals surface area contributed by atoms with Crippen LogP contribution in [0, 0.1) is 0 Å². The van der Waals surface area contributed by atoms with Crippen LogP contribution in [0.4, 0.5) is 5.69 Å². The van der Waals surface area contributed by atoms with Gasteiger partial charge in [-0.25, -0.2) is 0 Å². The molecule has 2 N–H and O–H groups in total. The number of benzene rings is 1. The fraction of sp³-hybridized carbons (Fsp3) is 0.364. The quantitative estimate of drug-likeness (QED) is 0.851. The van der Waals surface area contributed by atoms with Crippen LogP contribution in [-0.2, 0) is 4.79 Å². The zero-order chi connectivity index (χ0) is 12.1.